The first-order valence-electron chi connectivity index (χ1n) is 3.72. The molecule has 1 N–H and O–H groups in total. The van der Waals surface area contributed by atoms with E-state index >= 15 is 0 Å². The monoisotopic (exact) mass is 174 g/mol. The molecule has 0 saturated carbocycles. The highest BCUT2D eigenvalue weighted by atomic mass is 32.1. The number of nitrogens with zero attached hydrogens (tertiary/aromatic N) is 2. The summed E-state index contributed by atoms with van der Waals surface area (Å²) in [4.78, 5) is 2.16. The zero-order valence-electron chi connectivity index (χ0n) is 7.50. The van der Waals surface area contributed by atoms with Crippen molar-refractivity contribution in [1.29, 1.82) is 0 Å². The van der Waals surface area contributed by atoms with Gasteiger partial charge in [0.15, 0.2) is 0 Å². The number of nitrogens with one attached hydrogen (secondary N) is 1. The third-order valence-electron chi connectivity index (χ3n) is 1.65. The van der Waals surface area contributed by atoms with Crippen molar-refractivity contribution in [3.63, 3.8) is 0 Å². The molecule has 0 aromatic heterocycles. The van der Waals surface area contributed by atoms with Crippen molar-refractivity contribution >= 4 is 12.6 Å². The molecule has 1 saturated heterocycles. The lowest BCUT2D eigenvalue weighted by Gasteiger charge is -2.32. The number of thiol groups is 1. The fourth-order valence-electron chi connectivity index (χ4n) is 1.07. The van der Waals surface area contributed by atoms with E-state index in [-0.39, 0.29) is 11.0 Å². The Morgan fingerprint density at radius 1 is 1.45 bits per heavy atom. The predicted molar refractivity (Wildman–Crippen MR) is 49.6 cm³/mol. The molecular weight excluding hydrogens is 158 g/mol. The van der Waals surface area contributed by atoms with Gasteiger partial charge in [-0.2, -0.15) is 0 Å². The van der Waals surface area contributed by atoms with E-state index in [4.69, 9.17) is 0 Å². The van der Waals surface area contributed by atoms with Crippen LogP contribution in [0.1, 0.15) is 20.8 Å². The van der Waals surface area contributed by atoms with Crippen molar-refractivity contribution in [1.82, 2.24) is 15.3 Å². The van der Waals surface area contributed by atoms with E-state index in [1.807, 2.05) is 18.7 Å². The predicted octanol–water partition coefficient (Wildman–Crippen LogP) is 0.870. The minimum atomic E-state index is 0.0972. The lowest BCUT2D eigenvalue weighted by Crippen LogP contribution is -2.43. The Bertz CT molecular complexity index is 143. The van der Waals surface area contributed by atoms with Crippen LogP contribution < -0.4 is 5.43 Å². The molecule has 1 aliphatic heterocycles. The van der Waals surface area contributed by atoms with E-state index in [9.17, 15) is 0 Å². The molecule has 0 aromatic rings. The zero-order valence-corrected chi connectivity index (χ0v) is 8.39. The van der Waals surface area contributed by atoms with E-state index < -0.39 is 0 Å². The fraction of sp³-hybridized carbons (Fsp3) is 0.857. The molecule has 0 aliphatic carbocycles. The Morgan fingerprint density at radius 3 is 2.18 bits per heavy atom. The normalized spacial score (nSPS) is 29.7. The summed E-state index contributed by atoms with van der Waals surface area (Å²) < 4.78 is 0. The van der Waals surface area contributed by atoms with E-state index in [1.54, 1.807) is 0 Å². The van der Waals surface area contributed by atoms with E-state index in [0.29, 0.717) is 0 Å². The lowest BCUT2D eigenvalue weighted by molar-refractivity contribution is 0.183. The van der Waals surface area contributed by atoms with E-state index in [0.717, 1.165) is 0 Å². The van der Waals surface area contributed by atoms with Gasteiger partial charge in [-0.15, -0.1) is 12.6 Å². The summed E-state index contributed by atoms with van der Waals surface area (Å²) in [6.45, 7) is 8.51. The van der Waals surface area contributed by atoms with Crippen molar-refractivity contribution < 1.29 is 0 Å². The summed E-state index contributed by atoms with van der Waals surface area (Å²) in [6.07, 6.45) is 0. The molecule has 0 bridgehead atoms. The van der Waals surface area contributed by atoms with Gasteiger partial charge in [0.1, 0.15) is 12.2 Å². The van der Waals surface area contributed by atoms with E-state index in [1.165, 1.54) is 0 Å². The van der Waals surface area contributed by atoms with E-state index in [2.05, 4.69) is 43.7 Å². The van der Waals surface area contributed by atoms with Crippen molar-refractivity contribution in [2.45, 2.75) is 31.8 Å². The smallest absolute Gasteiger partial charge is 0.120 e. The third kappa shape index (κ3) is 2.08. The first-order valence-corrected chi connectivity index (χ1v) is 4.23. The highest BCUT2D eigenvalue weighted by molar-refractivity contribution is 7.80. The van der Waals surface area contributed by atoms with Crippen LogP contribution in [0.4, 0.5) is 0 Å². The van der Waals surface area contributed by atoms with Gasteiger partial charge in [0.2, 0.25) is 0 Å². The topological polar surface area (TPSA) is 18.5 Å². The van der Waals surface area contributed by atoms with Gasteiger partial charge >= 0.3 is 0 Å². The molecule has 1 rings (SSSR count). The lowest BCUT2D eigenvalue weighted by atomic mass is 10.1. The van der Waals surface area contributed by atoms with Crippen LogP contribution in [0, 0.1) is 6.67 Å². The van der Waals surface area contributed by atoms with Crippen molar-refractivity contribution in [3.05, 3.63) is 6.67 Å². The third-order valence-corrected chi connectivity index (χ3v) is 2.02. The zero-order chi connectivity index (χ0) is 8.65. The van der Waals surface area contributed by atoms with Gasteiger partial charge in [0.25, 0.3) is 0 Å². The average molecular weight is 174 g/mol. The van der Waals surface area contributed by atoms with Gasteiger partial charge in [-0.25, -0.2) is 10.4 Å². The Labute approximate surface area is 74.1 Å². The highest BCUT2D eigenvalue weighted by Gasteiger charge is 2.33. The molecule has 11 heavy (non-hydrogen) atoms. The second kappa shape index (κ2) is 2.94. The van der Waals surface area contributed by atoms with Crippen LogP contribution in [0.25, 0.3) is 0 Å². The number of hydrazine groups is 1. The summed E-state index contributed by atoms with van der Waals surface area (Å²) in [6, 6.07) is 0. The van der Waals surface area contributed by atoms with Crippen LogP contribution in [0.2, 0.25) is 0 Å². The molecule has 0 spiro atoms. The first-order chi connectivity index (χ1) is 4.91. The van der Waals surface area contributed by atoms with Crippen LogP contribution in [-0.2, 0) is 0 Å². The van der Waals surface area contributed by atoms with Crippen molar-refractivity contribution in [3.8, 4) is 0 Å². The van der Waals surface area contributed by atoms with Gasteiger partial charge in [-0.05, 0) is 20.8 Å². The Morgan fingerprint density at radius 2 is 2.00 bits per heavy atom. The van der Waals surface area contributed by atoms with Gasteiger partial charge < -0.3 is 0 Å². The summed E-state index contributed by atoms with van der Waals surface area (Å²) in [7, 11) is 1.97. The SMILES string of the molecule is CN1[CH]N(C(C)(C)C)C(S)N1. The van der Waals surface area contributed by atoms with Crippen LogP contribution >= 0.6 is 12.6 Å². The van der Waals surface area contributed by atoms with Crippen LogP contribution in [0.5, 0.6) is 0 Å². The Balaban J connectivity index is 2.60. The summed E-state index contributed by atoms with van der Waals surface area (Å²) in [5.74, 6) is 0. The van der Waals surface area contributed by atoms with Gasteiger partial charge in [-0.1, -0.05) is 0 Å². The second-order valence-electron chi connectivity index (χ2n) is 3.81. The molecule has 0 amide bonds. The maximum atomic E-state index is 4.38. The standard InChI is InChI=1S/C7H16N3S/c1-7(2,3)10-5-9(4)8-6(10)11/h5-6,8,11H,1-4H3. The molecule has 65 valence electrons. The molecule has 1 fully saturated rings. The summed E-state index contributed by atoms with van der Waals surface area (Å²) in [5, 5.41) is 1.92. The molecule has 1 aliphatic rings. The van der Waals surface area contributed by atoms with Gasteiger partial charge in [0.05, 0.1) is 0 Å². The first kappa shape index (κ1) is 9.32. The molecule has 4 heteroatoms. The highest BCUT2D eigenvalue weighted by Crippen LogP contribution is 2.23. The maximum absolute atomic E-state index is 4.38. The molecule has 3 nitrogen and oxygen atoms in total. The van der Waals surface area contributed by atoms with Gasteiger partial charge in [-0.3, -0.25) is 4.90 Å². The van der Waals surface area contributed by atoms with Crippen molar-refractivity contribution in [2.24, 2.45) is 0 Å². The fourth-order valence-corrected chi connectivity index (χ4v) is 1.66. The molecule has 1 heterocycles. The minimum absolute atomic E-state index is 0.0972. The number of hydrogen-bond acceptors (Lipinski definition) is 4. The average Bonchev–Trinajstić information content (AvgIpc) is 2.08. The van der Waals surface area contributed by atoms with Gasteiger partial charge in [0, 0.05) is 12.6 Å². The molecule has 1 unspecified atom stereocenters. The maximum Gasteiger partial charge on any atom is 0.120 e. The molecule has 0 aromatic carbocycles. The van der Waals surface area contributed by atoms with Crippen LogP contribution in [0.3, 0.4) is 0 Å². The summed E-state index contributed by atoms with van der Waals surface area (Å²) in [5.41, 5.74) is 3.37. The quantitative estimate of drug-likeness (QED) is 0.531. The largest absolute Gasteiger partial charge is 0.254 e. The number of rotatable bonds is 0. The molecule has 1 atom stereocenters. The Kier molecular flexibility index (Phi) is 2.49. The Hall–Kier alpha value is 0.230. The minimum Gasteiger partial charge on any atom is -0.254 e. The number of hydrogen-bond donors (Lipinski definition) is 2. The molecular formula is C7H16N3S. The van der Waals surface area contributed by atoms with Crippen LogP contribution in [0.15, 0.2) is 0 Å². The van der Waals surface area contributed by atoms with Crippen LogP contribution in [-0.4, -0.2) is 28.0 Å². The second-order valence-corrected chi connectivity index (χ2v) is 4.30. The summed E-state index contributed by atoms with van der Waals surface area (Å²) >= 11 is 4.38. The van der Waals surface area contributed by atoms with Crippen molar-refractivity contribution in [2.75, 3.05) is 7.05 Å². The molecule has 1 radical (unpaired) electrons.